The Morgan fingerprint density at radius 3 is 2.09 bits per heavy atom. The average molecular weight is 433 g/mol. The molecule has 0 bridgehead atoms. The second kappa shape index (κ2) is 11.6. The van der Waals surface area contributed by atoms with Gasteiger partial charge in [0, 0.05) is 17.3 Å². The van der Waals surface area contributed by atoms with Gasteiger partial charge in [-0.05, 0) is 43.7 Å². The van der Waals surface area contributed by atoms with Gasteiger partial charge in [-0.15, -0.1) is 0 Å². The highest BCUT2D eigenvalue weighted by atomic mass is 16.5. The monoisotopic (exact) mass is 432 g/mol. The van der Waals surface area contributed by atoms with Crippen molar-refractivity contribution in [1.29, 1.82) is 0 Å². The van der Waals surface area contributed by atoms with Gasteiger partial charge < -0.3 is 20.1 Å². The highest BCUT2D eigenvalue weighted by Crippen LogP contribution is 2.31. The molecule has 0 aliphatic heterocycles. The summed E-state index contributed by atoms with van der Waals surface area (Å²) in [5.41, 5.74) is 2.00. The minimum Gasteiger partial charge on any atom is -0.490 e. The molecule has 0 aliphatic carbocycles. The quantitative estimate of drug-likeness (QED) is 0.474. The zero-order valence-electron chi connectivity index (χ0n) is 18.3. The van der Waals surface area contributed by atoms with E-state index in [-0.39, 0.29) is 18.2 Å². The Hall–Kier alpha value is -3.80. The lowest BCUT2D eigenvalue weighted by Gasteiger charge is -2.19. The highest BCUT2D eigenvalue weighted by Gasteiger charge is 2.20. The standard InChI is InChI=1S/C26H28N2O4/c1-3-31-23-16-15-21(17-24(23)32-4-2)27-25(29)18-22(19-11-7-5-8-12-19)28-26(30)20-13-9-6-10-14-20/h5-17,22H,3-4,18H2,1-2H3,(H,27,29)(H,28,30). The molecule has 0 fully saturated rings. The first-order valence-corrected chi connectivity index (χ1v) is 10.7. The van der Waals surface area contributed by atoms with E-state index >= 15 is 0 Å². The number of hydrogen-bond acceptors (Lipinski definition) is 4. The summed E-state index contributed by atoms with van der Waals surface area (Å²) in [6.07, 6.45) is 0.0831. The van der Waals surface area contributed by atoms with E-state index < -0.39 is 6.04 Å². The van der Waals surface area contributed by atoms with Crippen molar-refractivity contribution in [2.45, 2.75) is 26.3 Å². The first-order chi connectivity index (χ1) is 15.6. The van der Waals surface area contributed by atoms with Crippen LogP contribution in [-0.4, -0.2) is 25.0 Å². The third-order valence-corrected chi connectivity index (χ3v) is 4.76. The molecule has 3 rings (SSSR count). The topological polar surface area (TPSA) is 76.7 Å². The number of anilines is 1. The molecule has 0 aromatic heterocycles. The van der Waals surface area contributed by atoms with Gasteiger partial charge in [0.05, 0.1) is 25.7 Å². The maximum absolute atomic E-state index is 12.9. The normalized spacial score (nSPS) is 11.3. The van der Waals surface area contributed by atoms with E-state index in [2.05, 4.69) is 10.6 Å². The minimum atomic E-state index is -0.474. The van der Waals surface area contributed by atoms with Crippen molar-refractivity contribution in [3.8, 4) is 11.5 Å². The van der Waals surface area contributed by atoms with Gasteiger partial charge in [0.1, 0.15) is 0 Å². The Labute approximate surface area is 188 Å². The molecule has 32 heavy (non-hydrogen) atoms. The summed E-state index contributed by atoms with van der Waals surface area (Å²) < 4.78 is 11.2. The molecule has 0 aliphatic rings. The van der Waals surface area contributed by atoms with Crippen molar-refractivity contribution in [2.75, 3.05) is 18.5 Å². The Bertz CT molecular complexity index is 1020. The minimum absolute atomic E-state index is 0.0831. The van der Waals surface area contributed by atoms with Crippen molar-refractivity contribution >= 4 is 17.5 Å². The van der Waals surface area contributed by atoms with Crippen LogP contribution in [0.1, 0.15) is 42.2 Å². The molecule has 2 amide bonds. The molecule has 1 unspecified atom stereocenters. The van der Waals surface area contributed by atoms with Crippen LogP contribution < -0.4 is 20.1 Å². The second-order valence-electron chi connectivity index (χ2n) is 7.08. The van der Waals surface area contributed by atoms with Crippen LogP contribution in [0.25, 0.3) is 0 Å². The lowest BCUT2D eigenvalue weighted by molar-refractivity contribution is -0.116. The number of rotatable bonds is 10. The number of ether oxygens (including phenoxy) is 2. The van der Waals surface area contributed by atoms with Gasteiger partial charge in [-0.3, -0.25) is 9.59 Å². The number of amides is 2. The van der Waals surface area contributed by atoms with Gasteiger partial charge in [0.2, 0.25) is 5.91 Å². The zero-order chi connectivity index (χ0) is 22.8. The molecule has 0 radical (unpaired) electrons. The van der Waals surface area contributed by atoms with Gasteiger partial charge in [0.15, 0.2) is 11.5 Å². The zero-order valence-corrected chi connectivity index (χ0v) is 18.3. The van der Waals surface area contributed by atoms with Crippen LogP contribution in [0, 0.1) is 0 Å². The summed E-state index contributed by atoms with van der Waals surface area (Å²) in [5, 5.41) is 5.88. The maximum atomic E-state index is 12.9. The van der Waals surface area contributed by atoms with E-state index in [0.717, 1.165) is 5.56 Å². The smallest absolute Gasteiger partial charge is 0.251 e. The lowest BCUT2D eigenvalue weighted by Crippen LogP contribution is -2.31. The molecule has 6 heteroatoms. The van der Waals surface area contributed by atoms with Gasteiger partial charge >= 0.3 is 0 Å². The SMILES string of the molecule is CCOc1ccc(NC(=O)CC(NC(=O)c2ccccc2)c2ccccc2)cc1OCC. The summed E-state index contributed by atoms with van der Waals surface area (Å²) in [5.74, 6) is 0.750. The van der Waals surface area contributed by atoms with Crippen molar-refractivity contribution in [2.24, 2.45) is 0 Å². The largest absolute Gasteiger partial charge is 0.490 e. The molecule has 0 saturated heterocycles. The number of carbonyl (C=O) groups is 2. The van der Waals surface area contributed by atoms with E-state index in [4.69, 9.17) is 9.47 Å². The Morgan fingerprint density at radius 2 is 1.44 bits per heavy atom. The molecule has 166 valence electrons. The van der Waals surface area contributed by atoms with Crippen LogP contribution in [0.5, 0.6) is 11.5 Å². The Morgan fingerprint density at radius 1 is 0.812 bits per heavy atom. The highest BCUT2D eigenvalue weighted by molar-refractivity contribution is 5.96. The number of carbonyl (C=O) groups excluding carboxylic acids is 2. The van der Waals surface area contributed by atoms with Gasteiger partial charge in [-0.1, -0.05) is 48.5 Å². The molecular formula is C26H28N2O4. The summed E-state index contributed by atoms with van der Waals surface area (Å²) in [7, 11) is 0. The predicted molar refractivity (Wildman–Crippen MR) is 125 cm³/mol. The molecular weight excluding hydrogens is 404 g/mol. The van der Waals surface area contributed by atoms with Crippen LogP contribution in [0.3, 0.4) is 0 Å². The first kappa shape index (κ1) is 22.9. The first-order valence-electron chi connectivity index (χ1n) is 10.7. The van der Waals surface area contributed by atoms with Crippen LogP contribution in [0.2, 0.25) is 0 Å². The van der Waals surface area contributed by atoms with E-state index in [1.54, 1.807) is 42.5 Å². The fourth-order valence-corrected chi connectivity index (χ4v) is 3.29. The molecule has 6 nitrogen and oxygen atoms in total. The number of benzene rings is 3. The van der Waals surface area contributed by atoms with E-state index in [9.17, 15) is 9.59 Å². The van der Waals surface area contributed by atoms with Crippen molar-refractivity contribution in [1.82, 2.24) is 5.32 Å². The molecule has 2 N–H and O–H groups in total. The van der Waals surface area contributed by atoms with Gasteiger partial charge in [-0.2, -0.15) is 0 Å². The maximum Gasteiger partial charge on any atom is 0.251 e. The van der Waals surface area contributed by atoms with Crippen LogP contribution in [-0.2, 0) is 4.79 Å². The van der Waals surface area contributed by atoms with Crippen LogP contribution in [0.4, 0.5) is 5.69 Å². The molecule has 3 aromatic carbocycles. The fraction of sp³-hybridized carbons (Fsp3) is 0.231. The van der Waals surface area contributed by atoms with E-state index in [1.165, 1.54) is 0 Å². The van der Waals surface area contributed by atoms with Gasteiger partial charge in [-0.25, -0.2) is 0 Å². The molecule has 0 spiro atoms. The van der Waals surface area contributed by atoms with E-state index in [1.807, 2.05) is 50.2 Å². The summed E-state index contributed by atoms with van der Waals surface area (Å²) in [6, 6.07) is 23.2. The third kappa shape index (κ3) is 6.35. The van der Waals surface area contributed by atoms with Crippen molar-refractivity contribution < 1.29 is 19.1 Å². The average Bonchev–Trinajstić information content (AvgIpc) is 2.81. The van der Waals surface area contributed by atoms with E-state index in [0.29, 0.717) is 36.0 Å². The van der Waals surface area contributed by atoms with Crippen molar-refractivity contribution in [3.63, 3.8) is 0 Å². The summed E-state index contributed by atoms with van der Waals surface area (Å²) in [4.78, 5) is 25.6. The molecule has 3 aromatic rings. The Kier molecular flexibility index (Phi) is 8.26. The number of hydrogen-bond donors (Lipinski definition) is 2. The second-order valence-corrected chi connectivity index (χ2v) is 7.08. The third-order valence-electron chi connectivity index (χ3n) is 4.76. The predicted octanol–water partition coefficient (Wildman–Crippen LogP) is 4.98. The van der Waals surface area contributed by atoms with Crippen molar-refractivity contribution in [3.05, 3.63) is 90.0 Å². The lowest BCUT2D eigenvalue weighted by atomic mass is 10.0. The van der Waals surface area contributed by atoms with Crippen LogP contribution in [0.15, 0.2) is 78.9 Å². The summed E-state index contributed by atoms with van der Waals surface area (Å²) >= 11 is 0. The summed E-state index contributed by atoms with van der Waals surface area (Å²) in [6.45, 7) is 4.80. The molecule has 0 saturated carbocycles. The van der Waals surface area contributed by atoms with Gasteiger partial charge in [0.25, 0.3) is 5.91 Å². The Balaban J connectivity index is 1.74. The number of nitrogens with one attached hydrogen (secondary N) is 2. The van der Waals surface area contributed by atoms with Crippen LogP contribution >= 0.6 is 0 Å². The molecule has 0 heterocycles. The fourth-order valence-electron chi connectivity index (χ4n) is 3.29. The molecule has 1 atom stereocenters.